The molecule has 0 spiro atoms. The molecule has 10 heteroatoms. The highest BCUT2D eigenvalue weighted by Crippen LogP contribution is 2.32. The van der Waals surface area contributed by atoms with Crippen molar-refractivity contribution in [3.63, 3.8) is 0 Å². The van der Waals surface area contributed by atoms with Gasteiger partial charge < -0.3 is 19.6 Å². The largest absolute Gasteiger partial charge is 0.465 e. The first-order valence-corrected chi connectivity index (χ1v) is 10.1. The number of benzene rings is 1. The molecule has 2 aliphatic heterocycles. The summed E-state index contributed by atoms with van der Waals surface area (Å²) in [6, 6.07) is 8.92. The maximum atomic E-state index is 12.6. The molecule has 9 nitrogen and oxygen atoms in total. The second-order valence-electron chi connectivity index (χ2n) is 7.24. The lowest BCUT2D eigenvalue weighted by Crippen LogP contribution is -2.54. The molecule has 2 aliphatic rings. The number of hydrogen-bond acceptors (Lipinski definition) is 6. The summed E-state index contributed by atoms with van der Waals surface area (Å²) in [7, 11) is 0. The first kappa shape index (κ1) is 20.8. The second kappa shape index (κ2) is 8.70. The molecule has 4 rings (SSSR count). The van der Waals surface area contributed by atoms with Crippen molar-refractivity contribution in [1.82, 2.24) is 19.8 Å². The van der Waals surface area contributed by atoms with Crippen LogP contribution in [0.1, 0.15) is 16.8 Å². The number of halogens is 1. The minimum atomic E-state index is -1.02. The number of hydrogen-bond donors (Lipinski definition) is 1. The van der Waals surface area contributed by atoms with E-state index in [4.69, 9.17) is 22.8 Å². The Morgan fingerprint density at radius 3 is 2.68 bits per heavy atom. The summed E-state index contributed by atoms with van der Waals surface area (Å²) in [5.74, 6) is 3.16. The molecule has 0 bridgehead atoms. The summed E-state index contributed by atoms with van der Waals surface area (Å²) in [5.41, 5.74) is 2.26. The Balaban J connectivity index is 1.51. The highest BCUT2D eigenvalue weighted by atomic mass is 35.5. The van der Waals surface area contributed by atoms with Crippen LogP contribution in [-0.4, -0.2) is 62.7 Å². The molecular formula is C21H20ClN5O4. The molecule has 1 N–H and O–H groups in total. The van der Waals surface area contributed by atoms with Crippen LogP contribution in [0.4, 0.5) is 15.4 Å². The number of aromatic nitrogens is 2. The van der Waals surface area contributed by atoms with Gasteiger partial charge in [-0.05, 0) is 17.2 Å². The maximum absolute atomic E-state index is 12.6. The number of ether oxygens (including phenoxy) is 1. The molecule has 0 aliphatic carbocycles. The fourth-order valence-electron chi connectivity index (χ4n) is 3.74. The van der Waals surface area contributed by atoms with Crippen molar-refractivity contribution in [3.05, 3.63) is 52.4 Å². The summed E-state index contributed by atoms with van der Waals surface area (Å²) in [5, 5.41) is 9.32. The minimum absolute atomic E-state index is 0.0460. The molecule has 0 radical (unpaired) electrons. The quantitative estimate of drug-likeness (QED) is 0.577. The number of nitrogens with zero attached hydrogens (tertiary/aromatic N) is 5. The lowest BCUT2D eigenvalue weighted by Gasteiger charge is -2.39. The van der Waals surface area contributed by atoms with Crippen LogP contribution < -0.4 is 4.90 Å². The Morgan fingerprint density at radius 1 is 1.19 bits per heavy atom. The van der Waals surface area contributed by atoms with Gasteiger partial charge in [0.15, 0.2) is 0 Å². The van der Waals surface area contributed by atoms with E-state index in [9.17, 15) is 14.7 Å². The Hall–Kier alpha value is -3.51. The zero-order valence-electron chi connectivity index (χ0n) is 16.6. The van der Waals surface area contributed by atoms with Crippen LogP contribution in [0, 0.1) is 12.3 Å². The number of rotatable bonds is 3. The summed E-state index contributed by atoms with van der Waals surface area (Å²) < 4.78 is 5.43. The van der Waals surface area contributed by atoms with Crippen LogP contribution in [0.3, 0.4) is 0 Å². The molecule has 2 amide bonds. The fourth-order valence-corrected chi connectivity index (χ4v) is 3.92. The lowest BCUT2D eigenvalue weighted by molar-refractivity contribution is 0.0952. The highest BCUT2D eigenvalue weighted by Gasteiger charge is 2.35. The van der Waals surface area contributed by atoms with Crippen LogP contribution in [-0.2, 0) is 24.4 Å². The number of carboxylic acid groups (broad SMARTS) is 1. The Kier molecular flexibility index (Phi) is 5.82. The third-order valence-corrected chi connectivity index (χ3v) is 5.48. The first-order chi connectivity index (χ1) is 15.0. The van der Waals surface area contributed by atoms with E-state index in [1.807, 2.05) is 35.2 Å². The summed E-state index contributed by atoms with van der Waals surface area (Å²) >= 11 is 6.15. The second-order valence-corrected chi connectivity index (χ2v) is 7.58. The van der Waals surface area contributed by atoms with E-state index in [0.717, 1.165) is 11.1 Å². The average molecular weight is 442 g/mol. The van der Waals surface area contributed by atoms with Gasteiger partial charge in [0.1, 0.15) is 18.5 Å². The van der Waals surface area contributed by atoms with Crippen LogP contribution in [0.25, 0.3) is 0 Å². The number of piperazine rings is 1. The van der Waals surface area contributed by atoms with Gasteiger partial charge >= 0.3 is 12.2 Å². The van der Waals surface area contributed by atoms with Gasteiger partial charge in [-0.2, -0.15) is 0 Å². The Morgan fingerprint density at radius 2 is 1.97 bits per heavy atom. The third kappa shape index (κ3) is 4.34. The first-order valence-electron chi connectivity index (χ1n) is 9.68. The normalized spacial score (nSPS) is 17.8. The standard InChI is InChI=1S/C21H20ClN5O4/c1-2-15-10-25(20(28)29)8-9-27(15)18-16-11-26(12-17(16)23-19(22)24-18)21(30)31-13-14-6-4-3-5-7-14/h1,3-7,15H,8-13H2,(H,28,29)/t15-/m0/s1. The van der Waals surface area contributed by atoms with Crippen LogP contribution in [0.2, 0.25) is 5.28 Å². The van der Waals surface area contributed by atoms with Gasteiger partial charge in [-0.3, -0.25) is 4.90 Å². The summed E-state index contributed by atoms with van der Waals surface area (Å²) in [6.45, 7) is 1.47. The van der Waals surface area contributed by atoms with E-state index in [1.165, 1.54) is 9.80 Å². The summed E-state index contributed by atoms with van der Waals surface area (Å²) in [4.78, 5) is 37.2. The van der Waals surface area contributed by atoms with E-state index in [0.29, 0.717) is 18.1 Å². The van der Waals surface area contributed by atoms with Crippen molar-refractivity contribution in [1.29, 1.82) is 0 Å². The van der Waals surface area contributed by atoms with Crippen molar-refractivity contribution >= 4 is 29.6 Å². The predicted molar refractivity (Wildman–Crippen MR) is 112 cm³/mol. The number of fused-ring (bicyclic) bond motifs is 1. The zero-order chi connectivity index (χ0) is 22.0. The number of amides is 2. The third-order valence-electron chi connectivity index (χ3n) is 5.31. The van der Waals surface area contributed by atoms with Crippen LogP contribution in [0.5, 0.6) is 0 Å². The number of carbonyl (C=O) groups excluding carboxylic acids is 1. The van der Waals surface area contributed by atoms with Crippen molar-refractivity contribution in [2.45, 2.75) is 25.7 Å². The molecular weight excluding hydrogens is 422 g/mol. The monoisotopic (exact) mass is 441 g/mol. The van der Waals surface area contributed by atoms with E-state index in [1.54, 1.807) is 0 Å². The molecule has 1 fully saturated rings. The van der Waals surface area contributed by atoms with Gasteiger partial charge in [0.2, 0.25) is 5.28 Å². The van der Waals surface area contributed by atoms with Crippen molar-refractivity contribution in [3.8, 4) is 12.3 Å². The van der Waals surface area contributed by atoms with Crippen LogP contribution in [0.15, 0.2) is 30.3 Å². The van der Waals surface area contributed by atoms with Crippen molar-refractivity contribution in [2.75, 3.05) is 24.5 Å². The number of anilines is 1. The molecule has 3 heterocycles. The topological polar surface area (TPSA) is 99.1 Å². The van der Waals surface area contributed by atoms with Crippen LogP contribution >= 0.6 is 11.6 Å². The molecule has 0 saturated carbocycles. The molecule has 160 valence electrons. The molecule has 1 atom stereocenters. The van der Waals surface area contributed by atoms with Gasteiger partial charge in [-0.25, -0.2) is 19.6 Å². The predicted octanol–water partition coefficient (Wildman–Crippen LogP) is 2.58. The van der Waals surface area contributed by atoms with Gasteiger partial charge in [0, 0.05) is 18.7 Å². The van der Waals surface area contributed by atoms with Gasteiger partial charge in [0.25, 0.3) is 0 Å². The van der Waals surface area contributed by atoms with E-state index in [-0.39, 0.29) is 38.1 Å². The smallest absolute Gasteiger partial charge is 0.410 e. The SMILES string of the molecule is C#C[C@H]1CN(C(=O)O)CCN1c1nc(Cl)nc2c1CN(C(=O)OCc1ccccc1)C2. The van der Waals surface area contributed by atoms with Gasteiger partial charge in [0.05, 0.1) is 25.3 Å². The Labute approximate surface area is 184 Å². The molecule has 1 aromatic heterocycles. The highest BCUT2D eigenvalue weighted by molar-refractivity contribution is 6.28. The number of carbonyl (C=O) groups is 2. The molecule has 2 aromatic rings. The average Bonchev–Trinajstić information content (AvgIpc) is 3.21. The van der Waals surface area contributed by atoms with Gasteiger partial charge in [-0.15, -0.1) is 6.42 Å². The van der Waals surface area contributed by atoms with E-state index < -0.39 is 18.2 Å². The van der Waals surface area contributed by atoms with E-state index >= 15 is 0 Å². The molecule has 1 aromatic carbocycles. The maximum Gasteiger partial charge on any atom is 0.410 e. The summed E-state index contributed by atoms with van der Waals surface area (Å²) in [6.07, 6.45) is 4.19. The molecule has 31 heavy (non-hydrogen) atoms. The fraction of sp³-hybridized carbons (Fsp3) is 0.333. The van der Waals surface area contributed by atoms with Crippen molar-refractivity contribution in [2.24, 2.45) is 0 Å². The number of terminal acetylenes is 1. The van der Waals surface area contributed by atoms with Crippen molar-refractivity contribution < 1.29 is 19.4 Å². The Bertz CT molecular complexity index is 1040. The lowest BCUT2D eigenvalue weighted by atomic mass is 10.1. The minimum Gasteiger partial charge on any atom is -0.465 e. The molecule has 0 unspecified atom stereocenters. The molecule has 1 saturated heterocycles. The van der Waals surface area contributed by atoms with Gasteiger partial charge in [-0.1, -0.05) is 36.3 Å². The zero-order valence-corrected chi connectivity index (χ0v) is 17.3. The van der Waals surface area contributed by atoms with E-state index in [2.05, 4.69) is 15.9 Å².